The number of nitrogens with zero attached hydrogens (tertiary/aromatic N) is 1. The summed E-state index contributed by atoms with van der Waals surface area (Å²) in [5.41, 5.74) is 0.0644. The van der Waals surface area contributed by atoms with Gasteiger partial charge in [0.25, 0.3) is 0 Å². The molecule has 0 aromatic heterocycles. The fraction of sp³-hybridized carbons (Fsp3) is 1.00. The lowest BCUT2D eigenvalue weighted by molar-refractivity contribution is 0.114. The van der Waals surface area contributed by atoms with E-state index in [0.717, 1.165) is 26.1 Å². The third kappa shape index (κ3) is 2.44. The Hall–Kier alpha value is -0.120. The molecule has 3 nitrogen and oxygen atoms in total. The van der Waals surface area contributed by atoms with E-state index in [-0.39, 0.29) is 18.1 Å². The van der Waals surface area contributed by atoms with E-state index in [2.05, 4.69) is 11.8 Å². The van der Waals surface area contributed by atoms with Crippen LogP contribution in [0, 0.1) is 5.41 Å². The van der Waals surface area contributed by atoms with Crippen LogP contribution in [-0.4, -0.2) is 47.5 Å². The van der Waals surface area contributed by atoms with Gasteiger partial charge in [-0.1, -0.05) is 6.92 Å². The largest absolute Gasteiger partial charge is 0.396 e. The van der Waals surface area contributed by atoms with Crippen molar-refractivity contribution < 1.29 is 10.2 Å². The number of aliphatic hydroxyl groups excluding tert-OH is 2. The van der Waals surface area contributed by atoms with Crippen molar-refractivity contribution in [2.75, 3.05) is 26.2 Å². The van der Waals surface area contributed by atoms with E-state index in [1.54, 1.807) is 6.92 Å². The lowest BCUT2D eigenvalue weighted by Gasteiger charge is -2.22. The quantitative estimate of drug-likeness (QED) is 0.635. The third-order valence-electron chi connectivity index (χ3n) is 2.54. The molecule has 2 atom stereocenters. The fourth-order valence-electron chi connectivity index (χ4n) is 1.78. The zero-order valence-electron chi connectivity index (χ0n) is 7.95. The number of hydrogen-bond donors (Lipinski definition) is 2. The minimum atomic E-state index is -0.258. The van der Waals surface area contributed by atoms with Crippen LogP contribution in [0.2, 0.25) is 0 Å². The zero-order chi connectivity index (χ0) is 9.19. The maximum atomic E-state index is 9.15. The Balaban J connectivity index is 2.35. The van der Waals surface area contributed by atoms with Gasteiger partial charge in [0.2, 0.25) is 0 Å². The predicted octanol–water partition coefficient (Wildman–Crippen LogP) is 0.0715. The third-order valence-corrected chi connectivity index (χ3v) is 2.54. The Morgan fingerprint density at radius 1 is 1.58 bits per heavy atom. The first-order valence-electron chi connectivity index (χ1n) is 4.57. The van der Waals surface area contributed by atoms with E-state index in [0.29, 0.717) is 0 Å². The van der Waals surface area contributed by atoms with Crippen LogP contribution in [0.15, 0.2) is 0 Å². The van der Waals surface area contributed by atoms with Gasteiger partial charge in [-0.2, -0.15) is 0 Å². The molecule has 72 valence electrons. The summed E-state index contributed by atoms with van der Waals surface area (Å²) >= 11 is 0. The van der Waals surface area contributed by atoms with Gasteiger partial charge in [-0.15, -0.1) is 0 Å². The fourth-order valence-corrected chi connectivity index (χ4v) is 1.78. The summed E-state index contributed by atoms with van der Waals surface area (Å²) in [6.07, 6.45) is 0.780. The molecule has 0 bridgehead atoms. The average molecular weight is 173 g/mol. The highest BCUT2D eigenvalue weighted by Gasteiger charge is 2.33. The van der Waals surface area contributed by atoms with Crippen LogP contribution < -0.4 is 0 Å². The van der Waals surface area contributed by atoms with Crippen LogP contribution in [-0.2, 0) is 0 Å². The maximum Gasteiger partial charge on any atom is 0.0639 e. The Labute approximate surface area is 74.0 Å². The van der Waals surface area contributed by atoms with Crippen molar-refractivity contribution in [3.05, 3.63) is 0 Å². The van der Waals surface area contributed by atoms with Gasteiger partial charge in [-0.05, 0) is 19.9 Å². The van der Waals surface area contributed by atoms with Crippen molar-refractivity contribution >= 4 is 0 Å². The molecular weight excluding hydrogens is 154 g/mol. The summed E-state index contributed by atoms with van der Waals surface area (Å²) < 4.78 is 0. The SMILES string of the molecule is C[C@H](O)CN1CCC(C)(CO)C1. The number of aliphatic hydroxyl groups is 2. The maximum absolute atomic E-state index is 9.15. The van der Waals surface area contributed by atoms with Gasteiger partial charge in [0.1, 0.15) is 0 Å². The molecule has 1 saturated heterocycles. The van der Waals surface area contributed by atoms with Crippen LogP contribution in [0.1, 0.15) is 20.3 Å². The predicted molar refractivity (Wildman–Crippen MR) is 47.9 cm³/mol. The van der Waals surface area contributed by atoms with Crippen molar-refractivity contribution in [2.24, 2.45) is 5.41 Å². The zero-order valence-corrected chi connectivity index (χ0v) is 7.95. The Morgan fingerprint density at radius 2 is 2.25 bits per heavy atom. The van der Waals surface area contributed by atoms with Gasteiger partial charge >= 0.3 is 0 Å². The standard InChI is InChI=1S/C9H19NO2/c1-8(12)5-10-4-3-9(2,6-10)7-11/h8,11-12H,3-7H2,1-2H3/t8-,9?/m0/s1. The summed E-state index contributed by atoms with van der Waals surface area (Å²) in [5, 5.41) is 18.2. The van der Waals surface area contributed by atoms with Crippen molar-refractivity contribution in [1.29, 1.82) is 0 Å². The van der Waals surface area contributed by atoms with Crippen LogP contribution in [0.25, 0.3) is 0 Å². The van der Waals surface area contributed by atoms with Crippen LogP contribution in [0.3, 0.4) is 0 Å². The van der Waals surface area contributed by atoms with Crippen molar-refractivity contribution in [1.82, 2.24) is 4.90 Å². The summed E-state index contributed by atoms with van der Waals surface area (Å²) in [6, 6.07) is 0. The van der Waals surface area contributed by atoms with Gasteiger partial charge in [-0.25, -0.2) is 0 Å². The topological polar surface area (TPSA) is 43.7 Å². The summed E-state index contributed by atoms with van der Waals surface area (Å²) in [6.45, 7) is 6.79. The molecule has 0 radical (unpaired) electrons. The number of rotatable bonds is 3. The minimum Gasteiger partial charge on any atom is -0.396 e. The van der Waals surface area contributed by atoms with Gasteiger partial charge in [0.05, 0.1) is 6.10 Å². The Bertz CT molecular complexity index is 149. The lowest BCUT2D eigenvalue weighted by atomic mass is 9.91. The van der Waals surface area contributed by atoms with E-state index in [9.17, 15) is 0 Å². The number of likely N-dealkylation sites (tertiary alicyclic amines) is 1. The second-order valence-electron chi connectivity index (χ2n) is 4.30. The number of hydrogen-bond acceptors (Lipinski definition) is 3. The average Bonchev–Trinajstić information content (AvgIpc) is 2.32. The first kappa shape index (κ1) is 9.96. The molecule has 1 heterocycles. The first-order valence-corrected chi connectivity index (χ1v) is 4.57. The highest BCUT2D eigenvalue weighted by Crippen LogP contribution is 2.28. The molecule has 1 aliphatic heterocycles. The summed E-state index contributed by atoms with van der Waals surface area (Å²) in [7, 11) is 0. The minimum absolute atomic E-state index is 0.0644. The van der Waals surface area contributed by atoms with E-state index in [1.165, 1.54) is 0 Å². The smallest absolute Gasteiger partial charge is 0.0639 e. The molecule has 0 spiro atoms. The molecule has 0 amide bonds. The molecule has 2 N–H and O–H groups in total. The van der Waals surface area contributed by atoms with Crippen LogP contribution in [0.4, 0.5) is 0 Å². The molecule has 0 aromatic carbocycles. The molecule has 3 heteroatoms. The van der Waals surface area contributed by atoms with Crippen molar-refractivity contribution in [2.45, 2.75) is 26.4 Å². The van der Waals surface area contributed by atoms with Crippen molar-refractivity contribution in [3.8, 4) is 0 Å². The second kappa shape index (κ2) is 3.73. The van der Waals surface area contributed by atoms with Gasteiger partial charge in [-0.3, -0.25) is 0 Å². The Morgan fingerprint density at radius 3 is 2.67 bits per heavy atom. The second-order valence-corrected chi connectivity index (χ2v) is 4.30. The monoisotopic (exact) mass is 173 g/mol. The van der Waals surface area contributed by atoms with Crippen molar-refractivity contribution in [3.63, 3.8) is 0 Å². The van der Waals surface area contributed by atoms with E-state index >= 15 is 0 Å². The molecule has 1 aliphatic rings. The molecule has 12 heavy (non-hydrogen) atoms. The molecule has 1 rings (SSSR count). The normalized spacial score (nSPS) is 34.0. The summed E-state index contributed by atoms with van der Waals surface area (Å²) in [5.74, 6) is 0. The van der Waals surface area contributed by atoms with E-state index in [4.69, 9.17) is 10.2 Å². The van der Waals surface area contributed by atoms with Crippen LogP contribution in [0.5, 0.6) is 0 Å². The van der Waals surface area contributed by atoms with Gasteiger partial charge in [0, 0.05) is 25.1 Å². The first-order chi connectivity index (χ1) is 5.56. The van der Waals surface area contributed by atoms with E-state index < -0.39 is 0 Å². The Kier molecular flexibility index (Phi) is 3.09. The molecule has 1 fully saturated rings. The summed E-state index contributed by atoms with van der Waals surface area (Å²) in [4.78, 5) is 2.21. The number of β-amino-alcohol motifs (C(OH)–C–C–N with tert-alkyl or cyclic N) is 1. The lowest BCUT2D eigenvalue weighted by Crippen LogP contribution is -2.32. The molecule has 0 saturated carbocycles. The molecule has 1 unspecified atom stereocenters. The van der Waals surface area contributed by atoms with Gasteiger partial charge in [0.15, 0.2) is 0 Å². The van der Waals surface area contributed by atoms with Gasteiger partial charge < -0.3 is 15.1 Å². The molecular formula is C9H19NO2. The highest BCUT2D eigenvalue weighted by molar-refractivity contribution is 4.86. The van der Waals surface area contributed by atoms with E-state index in [1.807, 2.05) is 0 Å². The highest BCUT2D eigenvalue weighted by atomic mass is 16.3. The van der Waals surface area contributed by atoms with Crippen LogP contribution >= 0.6 is 0 Å². The molecule has 0 aromatic rings. The molecule has 0 aliphatic carbocycles.